The minimum atomic E-state index is -0.118. The Balaban J connectivity index is 2.05. The van der Waals surface area contributed by atoms with Crippen LogP contribution in [0.15, 0.2) is 30.3 Å². The molecule has 3 rings (SSSR count). The molecule has 34 heavy (non-hydrogen) atoms. The van der Waals surface area contributed by atoms with Crippen molar-refractivity contribution in [1.82, 2.24) is 9.80 Å². The Bertz CT molecular complexity index is 977. The van der Waals surface area contributed by atoms with Crippen LogP contribution in [0.4, 0.5) is 0 Å². The summed E-state index contributed by atoms with van der Waals surface area (Å²) in [6.45, 7) is 7.12. The van der Waals surface area contributed by atoms with Gasteiger partial charge in [0.05, 0.1) is 26.9 Å². The highest BCUT2D eigenvalue weighted by Crippen LogP contribution is 2.48. The first-order chi connectivity index (χ1) is 16.3. The maximum Gasteiger partial charge on any atom is 0.258 e. The third-order valence-corrected chi connectivity index (χ3v) is 6.24. The molecule has 2 aromatic rings. The normalized spacial score (nSPS) is 16.5. The van der Waals surface area contributed by atoms with Gasteiger partial charge < -0.3 is 34.5 Å². The Kier molecular flexibility index (Phi) is 8.63. The highest BCUT2D eigenvalue weighted by atomic mass is 16.5. The van der Waals surface area contributed by atoms with Crippen LogP contribution in [-0.2, 0) is 6.42 Å². The Morgan fingerprint density at radius 1 is 1.03 bits per heavy atom. The first kappa shape index (κ1) is 25.6. The second kappa shape index (κ2) is 11.4. The van der Waals surface area contributed by atoms with Gasteiger partial charge >= 0.3 is 0 Å². The summed E-state index contributed by atoms with van der Waals surface area (Å²) in [7, 11) is 6.66. The van der Waals surface area contributed by atoms with Crippen molar-refractivity contribution >= 4 is 5.91 Å². The second-order valence-electron chi connectivity index (χ2n) is 8.88. The summed E-state index contributed by atoms with van der Waals surface area (Å²) < 4.78 is 23.1. The lowest BCUT2D eigenvalue weighted by Crippen LogP contribution is -2.56. The zero-order valence-electron chi connectivity index (χ0n) is 21.1. The number of hydrogen-bond donors (Lipinski definition) is 1. The number of carbonyl (C=O) groups is 1. The molecule has 0 unspecified atom stereocenters. The number of amides is 1. The smallest absolute Gasteiger partial charge is 0.258 e. The van der Waals surface area contributed by atoms with Crippen molar-refractivity contribution in [3.63, 3.8) is 0 Å². The molecule has 1 heterocycles. The van der Waals surface area contributed by atoms with E-state index in [0.717, 1.165) is 25.1 Å². The molecule has 1 aliphatic rings. The van der Waals surface area contributed by atoms with Crippen LogP contribution in [0.3, 0.4) is 0 Å². The Morgan fingerprint density at radius 3 is 2.24 bits per heavy atom. The summed E-state index contributed by atoms with van der Waals surface area (Å²) in [5, 5.41) is 0. The van der Waals surface area contributed by atoms with E-state index in [0.29, 0.717) is 53.3 Å². The molecule has 2 N–H and O–H groups in total. The number of hydrogen-bond acceptors (Lipinski definition) is 7. The van der Waals surface area contributed by atoms with Gasteiger partial charge in [-0.15, -0.1) is 0 Å². The molecule has 1 atom stereocenters. The molecule has 186 valence electrons. The van der Waals surface area contributed by atoms with Crippen molar-refractivity contribution in [2.45, 2.75) is 26.3 Å². The number of nitrogens with zero attached hydrogens (tertiary/aromatic N) is 2. The van der Waals surface area contributed by atoms with E-state index in [1.165, 1.54) is 21.3 Å². The maximum absolute atomic E-state index is 13.9. The highest BCUT2D eigenvalue weighted by Gasteiger charge is 2.35. The van der Waals surface area contributed by atoms with E-state index in [-0.39, 0.29) is 11.9 Å². The lowest BCUT2D eigenvalue weighted by Gasteiger charge is -2.42. The summed E-state index contributed by atoms with van der Waals surface area (Å²) in [5.41, 5.74) is 7.15. The third kappa shape index (κ3) is 5.39. The van der Waals surface area contributed by atoms with Crippen molar-refractivity contribution in [2.24, 2.45) is 11.7 Å². The molecular weight excluding hydrogens is 434 g/mol. The van der Waals surface area contributed by atoms with Gasteiger partial charge in [0.25, 0.3) is 5.91 Å². The zero-order valence-corrected chi connectivity index (χ0v) is 21.1. The average Bonchev–Trinajstić information content (AvgIpc) is 2.83. The van der Waals surface area contributed by atoms with E-state index in [1.807, 2.05) is 29.2 Å². The molecule has 1 amide bonds. The van der Waals surface area contributed by atoms with E-state index in [2.05, 4.69) is 25.8 Å². The van der Waals surface area contributed by atoms with Crippen LogP contribution < -0.4 is 24.7 Å². The number of methoxy groups -OCH3 is 3. The van der Waals surface area contributed by atoms with Crippen LogP contribution >= 0.6 is 0 Å². The largest absolute Gasteiger partial charge is 0.492 e. The second-order valence-corrected chi connectivity index (χ2v) is 8.88. The first-order valence-corrected chi connectivity index (χ1v) is 11.6. The Labute approximate surface area is 202 Å². The zero-order chi connectivity index (χ0) is 24.8. The molecule has 8 nitrogen and oxygen atoms in total. The molecule has 0 saturated carbocycles. The highest BCUT2D eigenvalue weighted by molar-refractivity contribution is 5.99. The number of nitrogens with two attached hydrogens (primary N) is 1. The molecule has 1 saturated heterocycles. The van der Waals surface area contributed by atoms with E-state index in [1.54, 1.807) is 6.07 Å². The van der Waals surface area contributed by atoms with Gasteiger partial charge in [-0.2, -0.15) is 0 Å². The molecular formula is C26H37N3O5. The van der Waals surface area contributed by atoms with E-state index in [9.17, 15) is 4.79 Å². The van der Waals surface area contributed by atoms with Crippen molar-refractivity contribution < 1.29 is 23.7 Å². The summed E-state index contributed by atoms with van der Waals surface area (Å²) in [6.07, 6.45) is 0.792. The molecule has 2 aromatic carbocycles. The van der Waals surface area contributed by atoms with E-state index in [4.69, 9.17) is 24.7 Å². The van der Waals surface area contributed by atoms with Crippen molar-refractivity contribution in [2.75, 3.05) is 54.6 Å². The molecule has 8 heteroatoms. The summed E-state index contributed by atoms with van der Waals surface area (Å²) in [6, 6.07) is 9.46. The van der Waals surface area contributed by atoms with Crippen LogP contribution in [0.25, 0.3) is 0 Å². The number of likely N-dealkylation sites (N-methyl/N-ethyl adjacent to an activating group) is 1. The van der Waals surface area contributed by atoms with Gasteiger partial charge in [-0.3, -0.25) is 4.79 Å². The van der Waals surface area contributed by atoms with Crippen LogP contribution in [0.2, 0.25) is 0 Å². The van der Waals surface area contributed by atoms with Gasteiger partial charge in [-0.25, -0.2) is 0 Å². The SMILES string of the molecule is COc1c(Oc2ccc(CCN)cc2)cc(C(=O)N2CCN(C)C[C@@H]2C(C)C)c(OC)c1OC. The van der Waals surface area contributed by atoms with Gasteiger partial charge in [0.15, 0.2) is 11.5 Å². The third-order valence-electron chi connectivity index (χ3n) is 6.24. The van der Waals surface area contributed by atoms with Crippen LogP contribution in [0, 0.1) is 5.92 Å². The van der Waals surface area contributed by atoms with Crippen LogP contribution in [0.5, 0.6) is 28.7 Å². The quantitative estimate of drug-likeness (QED) is 0.600. The molecule has 0 radical (unpaired) electrons. The monoisotopic (exact) mass is 471 g/mol. The van der Waals surface area contributed by atoms with Crippen molar-refractivity contribution in [3.05, 3.63) is 41.5 Å². The topological polar surface area (TPSA) is 86.5 Å². The number of ether oxygens (including phenoxy) is 4. The number of rotatable bonds is 9. The summed E-state index contributed by atoms with van der Waals surface area (Å²) >= 11 is 0. The fraction of sp³-hybridized carbons (Fsp3) is 0.500. The fourth-order valence-corrected chi connectivity index (χ4v) is 4.36. The summed E-state index contributed by atoms with van der Waals surface area (Å²) in [5.74, 6) is 2.20. The minimum Gasteiger partial charge on any atom is -0.492 e. The van der Waals surface area contributed by atoms with Gasteiger partial charge in [-0.1, -0.05) is 26.0 Å². The molecule has 1 aliphatic heterocycles. The predicted octanol–water partition coefficient (Wildman–Crippen LogP) is 3.42. The summed E-state index contributed by atoms with van der Waals surface area (Å²) in [4.78, 5) is 18.0. The fourth-order valence-electron chi connectivity index (χ4n) is 4.36. The average molecular weight is 472 g/mol. The van der Waals surface area contributed by atoms with Gasteiger partial charge in [-0.05, 0) is 43.6 Å². The first-order valence-electron chi connectivity index (χ1n) is 11.6. The van der Waals surface area contributed by atoms with Crippen molar-refractivity contribution in [3.8, 4) is 28.7 Å². The molecule has 0 aliphatic carbocycles. The Hall–Kier alpha value is -2.97. The Morgan fingerprint density at radius 2 is 1.68 bits per heavy atom. The number of carbonyl (C=O) groups excluding carboxylic acids is 1. The van der Waals surface area contributed by atoms with Gasteiger partial charge in [0, 0.05) is 31.7 Å². The molecule has 1 fully saturated rings. The molecule has 0 spiro atoms. The predicted molar refractivity (Wildman–Crippen MR) is 133 cm³/mol. The van der Waals surface area contributed by atoms with Gasteiger partial charge in [0.2, 0.25) is 11.5 Å². The lowest BCUT2D eigenvalue weighted by atomic mass is 9.98. The minimum absolute atomic E-state index is 0.0866. The lowest BCUT2D eigenvalue weighted by molar-refractivity contribution is 0.0399. The molecule has 0 aromatic heterocycles. The van der Waals surface area contributed by atoms with E-state index >= 15 is 0 Å². The molecule has 0 bridgehead atoms. The van der Waals surface area contributed by atoms with E-state index < -0.39 is 0 Å². The van der Waals surface area contributed by atoms with Crippen LogP contribution in [0.1, 0.15) is 29.8 Å². The van der Waals surface area contributed by atoms with Crippen molar-refractivity contribution in [1.29, 1.82) is 0 Å². The number of piperazine rings is 1. The van der Waals surface area contributed by atoms with Gasteiger partial charge in [0.1, 0.15) is 5.75 Å². The maximum atomic E-state index is 13.9. The number of benzene rings is 2. The van der Waals surface area contributed by atoms with Crippen LogP contribution in [-0.4, -0.2) is 76.3 Å². The standard InChI is InChI=1S/C26H37N3O5/c1-17(2)21-16-28(3)13-14-29(21)26(30)20-15-22(24(32-5)25(33-6)23(20)31-4)34-19-9-7-18(8-10-19)11-12-27/h7-10,15,17,21H,11-14,16,27H2,1-6H3/t21-/m1/s1.